The summed E-state index contributed by atoms with van der Waals surface area (Å²) in [6, 6.07) is 15.2. The SMILES string of the molecule is Cc1ccc(-c2ccc(Cc3c(C)sc(C)c3C(=O)NC3CCC(C(=O)O)CC3)cc2)cc1C. The number of amides is 1. The summed E-state index contributed by atoms with van der Waals surface area (Å²) in [6.07, 6.45) is 3.42. The van der Waals surface area contributed by atoms with Gasteiger partial charge in [0.25, 0.3) is 5.91 Å². The standard InChI is InChI=1S/C29H33NO3S/c1-17-5-8-24(15-18(17)2)22-9-6-21(7-10-22)16-26-19(3)34-20(4)27(26)28(31)30-25-13-11-23(12-14-25)29(32)33/h5-10,15,23,25H,11-14,16H2,1-4H3,(H,30,31)(H,32,33). The molecular weight excluding hydrogens is 442 g/mol. The van der Waals surface area contributed by atoms with Gasteiger partial charge in [-0.3, -0.25) is 9.59 Å². The molecule has 1 fully saturated rings. The third kappa shape index (κ3) is 5.25. The van der Waals surface area contributed by atoms with E-state index >= 15 is 0 Å². The van der Waals surface area contributed by atoms with Gasteiger partial charge in [-0.25, -0.2) is 0 Å². The lowest BCUT2D eigenvalue weighted by atomic mass is 9.86. The largest absolute Gasteiger partial charge is 0.481 e. The van der Waals surface area contributed by atoms with Crippen molar-refractivity contribution in [2.75, 3.05) is 0 Å². The molecule has 3 aromatic rings. The summed E-state index contributed by atoms with van der Waals surface area (Å²) in [4.78, 5) is 26.7. The van der Waals surface area contributed by atoms with Crippen molar-refractivity contribution in [1.29, 1.82) is 0 Å². The molecular formula is C29H33NO3S. The van der Waals surface area contributed by atoms with Gasteiger partial charge in [0.2, 0.25) is 0 Å². The smallest absolute Gasteiger partial charge is 0.306 e. The van der Waals surface area contributed by atoms with Crippen molar-refractivity contribution in [3.8, 4) is 11.1 Å². The molecule has 1 aliphatic carbocycles. The lowest BCUT2D eigenvalue weighted by molar-refractivity contribution is -0.142. The van der Waals surface area contributed by atoms with E-state index in [1.54, 1.807) is 11.3 Å². The van der Waals surface area contributed by atoms with Crippen LogP contribution in [0.25, 0.3) is 11.1 Å². The zero-order valence-corrected chi connectivity index (χ0v) is 21.2. The number of rotatable bonds is 6. The molecule has 0 bridgehead atoms. The molecule has 1 amide bonds. The van der Waals surface area contributed by atoms with Gasteiger partial charge in [-0.05, 0) is 93.2 Å². The molecule has 0 unspecified atom stereocenters. The van der Waals surface area contributed by atoms with E-state index in [0.717, 1.165) is 35.3 Å². The summed E-state index contributed by atoms with van der Waals surface area (Å²) >= 11 is 1.67. The summed E-state index contributed by atoms with van der Waals surface area (Å²) in [7, 11) is 0. The number of aliphatic carboxylic acids is 1. The Morgan fingerprint density at radius 3 is 2.15 bits per heavy atom. The molecule has 1 heterocycles. The average Bonchev–Trinajstić information content (AvgIpc) is 3.09. The maximum Gasteiger partial charge on any atom is 0.306 e. The Morgan fingerprint density at radius 1 is 0.882 bits per heavy atom. The third-order valence-electron chi connectivity index (χ3n) is 7.20. The van der Waals surface area contributed by atoms with Crippen molar-refractivity contribution in [2.45, 2.75) is 65.8 Å². The van der Waals surface area contributed by atoms with E-state index in [-0.39, 0.29) is 17.9 Å². The van der Waals surface area contributed by atoms with Crippen LogP contribution in [0.15, 0.2) is 42.5 Å². The highest BCUT2D eigenvalue weighted by molar-refractivity contribution is 7.12. The van der Waals surface area contributed by atoms with Crippen molar-refractivity contribution < 1.29 is 14.7 Å². The number of thiophene rings is 1. The van der Waals surface area contributed by atoms with Gasteiger partial charge in [-0.1, -0.05) is 42.5 Å². The quantitative estimate of drug-likeness (QED) is 0.421. The first-order valence-corrected chi connectivity index (χ1v) is 12.8. The van der Waals surface area contributed by atoms with Crippen LogP contribution >= 0.6 is 11.3 Å². The normalized spacial score (nSPS) is 18.0. The molecule has 34 heavy (non-hydrogen) atoms. The molecule has 1 aliphatic rings. The molecule has 0 spiro atoms. The van der Waals surface area contributed by atoms with Gasteiger partial charge in [0, 0.05) is 15.8 Å². The van der Waals surface area contributed by atoms with Crippen molar-refractivity contribution in [2.24, 2.45) is 5.92 Å². The van der Waals surface area contributed by atoms with E-state index in [9.17, 15) is 14.7 Å². The van der Waals surface area contributed by atoms with Crippen molar-refractivity contribution in [3.63, 3.8) is 0 Å². The Balaban J connectivity index is 1.48. The van der Waals surface area contributed by atoms with Crippen molar-refractivity contribution >= 4 is 23.2 Å². The molecule has 0 atom stereocenters. The predicted molar refractivity (Wildman–Crippen MR) is 139 cm³/mol. The molecule has 2 N–H and O–H groups in total. The minimum atomic E-state index is -0.722. The Morgan fingerprint density at radius 2 is 1.53 bits per heavy atom. The van der Waals surface area contributed by atoms with Gasteiger partial charge in [0.05, 0.1) is 11.5 Å². The molecule has 1 saturated carbocycles. The van der Waals surface area contributed by atoms with Gasteiger partial charge in [-0.2, -0.15) is 0 Å². The summed E-state index contributed by atoms with van der Waals surface area (Å²) in [5.41, 5.74) is 8.07. The summed E-state index contributed by atoms with van der Waals surface area (Å²) in [6.45, 7) is 8.37. The monoisotopic (exact) mass is 475 g/mol. The fourth-order valence-electron chi connectivity index (χ4n) is 4.92. The first-order valence-electron chi connectivity index (χ1n) is 12.0. The summed E-state index contributed by atoms with van der Waals surface area (Å²) in [5.74, 6) is -1.03. The van der Waals surface area contributed by atoms with Crippen LogP contribution in [0.5, 0.6) is 0 Å². The van der Waals surface area contributed by atoms with E-state index < -0.39 is 5.97 Å². The van der Waals surface area contributed by atoms with Crippen LogP contribution < -0.4 is 5.32 Å². The maximum atomic E-state index is 13.3. The predicted octanol–water partition coefficient (Wildman–Crippen LogP) is 6.61. The minimum Gasteiger partial charge on any atom is -0.481 e. The van der Waals surface area contributed by atoms with Crippen LogP contribution in [-0.2, 0) is 11.2 Å². The second-order valence-electron chi connectivity index (χ2n) is 9.60. The zero-order chi connectivity index (χ0) is 24.4. The van der Waals surface area contributed by atoms with Gasteiger partial charge in [-0.15, -0.1) is 11.3 Å². The maximum absolute atomic E-state index is 13.3. The van der Waals surface area contributed by atoms with Gasteiger partial charge >= 0.3 is 5.97 Å². The number of hydrogen-bond acceptors (Lipinski definition) is 3. The number of aryl methyl sites for hydroxylation is 4. The number of carbonyl (C=O) groups is 2. The highest BCUT2D eigenvalue weighted by Gasteiger charge is 2.28. The molecule has 178 valence electrons. The minimum absolute atomic E-state index is 0.0256. The average molecular weight is 476 g/mol. The van der Waals surface area contributed by atoms with Gasteiger partial charge in [0.1, 0.15) is 0 Å². The third-order valence-corrected chi connectivity index (χ3v) is 8.26. The Labute approximate surface area is 206 Å². The van der Waals surface area contributed by atoms with Crippen LogP contribution in [0.4, 0.5) is 0 Å². The first kappa shape index (κ1) is 24.2. The van der Waals surface area contributed by atoms with E-state index in [1.807, 2.05) is 6.92 Å². The van der Waals surface area contributed by atoms with Gasteiger partial charge < -0.3 is 10.4 Å². The highest BCUT2D eigenvalue weighted by Crippen LogP contribution is 2.31. The molecule has 0 saturated heterocycles. The van der Waals surface area contributed by atoms with Crippen molar-refractivity contribution in [1.82, 2.24) is 5.32 Å². The Kier molecular flexibility index (Phi) is 7.22. The summed E-state index contributed by atoms with van der Waals surface area (Å²) in [5, 5.41) is 12.4. The second-order valence-corrected chi connectivity index (χ2v) is 11.0. The van der Waals surface area contributed by atoms with E-state index in [0.29, 0.717) is 12.8 Å². The Bertz CT molecular complexity index is 1200. The van der Waals surface area contributed by atoms with E-state index in [1.165, 1.54) is 32.7 Å². The highest BCUT2D eigenvalue weighted by atomic mass is 32.1. The lowest BCUT2D eigenvalue weighted by Crippen LogP contribution is -2.39. The Hall–Kier alpha value is -2.92. The zero-order valence-electron chi connectivity index (χ0n) is 20.4. The number of carbonyl (C=O) groups excluding carboxylic acids is 1. The van der Waals surface area contributed by atoms with E-state index in [2.05, 4.69) is 68.6 Å². The molecule has 1 aromatic heterocycles. The molecule has 2 aromatic carbocycles. The molecule has 0 aliphatic heterocycles. The fraction of sp³-hybridized carbons (Fsp3) is 0.379. The van der Waals surface area contributed by atoms with Crippen LogP contribution in [-0.4, -0.2) is 23.0 Å². The van der Waals surface area contributed by atoms with Crippen molar-refractivity contribution in [3.05, 3.63) is 80.0 Å². The van der Waals surface area contributed by atoms with Crippen LogP contribution in [0.1, 0.15) is 68.0 Å². The number of carboxylic acids is 1. The lowest BCUT2D eigenvalue weighted by Gasteiger charge is -2.27. The van der Waals surface area contributed by atoms with Gasteiger partial charge in [0.15, 0.2) is 0 Å². The second kappa shape index (κ2) is 10.1. The van der Waals surface area contributed by atoms with Crippen LogP contribution in [0, 0.1) is 33.6 Å². The molecule has 0 radical (unpaired) electrons. The summed E-state index contributed by atoms with van der Waals surface area (Å²) < 4.78 is 0. The number of nitrogens with one attached hydrogen (secondary N) is 1. The van der Waals surface area contributed by atoms with Crippen LogP contribution in [0.3, 0.4) is 0 Å². The first-order chi connectivity index (χ1) is 16.2. The number of hydrogen-bond donors (Lipinski definition) is 2. The van der Waals surface area contributed by atoms with Crippen LogP contribution in [0.2, 0.25) is 0 Å². The molecule has 4 rings (SSSR count). The number of benzene rings is 2. The topological polar surface area (TPSA) is 66.4 Å². The fourth-order valence-corrected chi connectivity index (χ4v) is 6.00. The molecule has 4 nitrogen and oxygen atoms in total. The van der Waals surface area contributed by atoms with E-state index in [4.69, 9.17) is 0 Å². The molecule has 5 heteroatoms. The number of carboxylic acid groups (broad SMARTS) is 1.